The quantitative estimate of drug-likeness (QED) is 0.126. The van der Waals surface area contributed by atoms with E-state index >= 15 is 0 Å². The van der Waals surface area contributed by atoms with Gasteiger partial charge >= 0.3 is 0 Å². The molecular formula is C40H41N9O6. The van der Waals surface area contributed by atoms with Gasteiger partial charge in [0.05, 0.1) is 6.33 Å². The summed E-state index contributed by atoms with van der Waals surface area (Å²) in [6, 6.07) is 31.1. The number of fused-ring (bicyclic) bond motifs is 1. The van der Waals surface area contributed by atoms with Gasteiger partial charge in [-0.15, -0.1) is 0 Å². The van der Waals surface area contributed by atoms with E-state index in [1.54, 1.807) is 10.9 Å². The maximum Gasteiger partial charge on any atom is 0.293 e. The first kappa shape index (κ1) is 35.8. The average Bonchev–Trinajstić information content (AvgIpc) is 4.04. The molecule has 6 aromatic rings. The number of nitrogens with zero attached hydrogens (tertiary/aromatic N) is 7. The predicted octanol–water partition coefficient (Wildman–Crippen LogP) is 5.06. The van der Waals surface area contributed by atoms with E-state index in [4.69, 9.17) is 33.7 Å². The van der Waals surface area contributed by atoms with E-state index in [2.05, 4.69) is 74.2 Å². The Morgan fingerprint density at radius 2 is 1.58 bits per heavy atom. The lowest BCUT2D eigenvalue weighted by molar-refractivity contribution is -0.151. The molecule has 0 radical (unpaired) electrons. The maximum atomic E-state index is 11.9. The van der Waals surface area contributed by atoms with E-state index in [9.17, 15) is 9.59 Å². The molecule has 2 aliphatic rings. The van der Waals surface area contributed by atoms with Crippen molar-refractivity contribution in [1.82, 2.24) is 34.6 Å². The number of carbonyl (C=O) groups excluding carboxylic acids is 2. The van der Waals surface area contributed by atoms with Gasteiger partial charge in [0.25, 0.3) is 18.8 Å². The number of rotatable bonds is 16. The Kier molecular flexibility index (Phi) is 10.7. The maximum absolute atomic E-state index is 11.9. The zero-order chi connectivity index (χ0) is 37.6. The van der Waals surface area contributed by atoms with Crippen LogP contribution in [0.2, 0.25) is 0 Å². The second-order valence-electron chi connectivity index (χ2n) is 13.6. The average molecular weight is 744 g/mol. The lowest BCUT2D eigenvalue weighted by atomic mass is 9.91. The van der Waals surface area contributed by atoms with Crippen LogP contribution in [0.25, 0.3) is 11.2 Å². The van der Waals surface area contributed by atoms with Gasteiger partial charge in [0.1, 0.15) is 0 Å². The molecule has 2 aliphatic heterocycles. The topological polar surface area (TPSA) is 172 Å². The van der Waals surface area contributed by atoms with Crippen LogP contribution in [0.3, 0.4) is 0 Å². The number of carbonyl (C=O) groups is 2. The minimum Gasteiger partial charge on any atom is -0.457 e. The monoisotopic (exact) mass is 743 g/mol. The van der Waals surface area contributed by atoms with Crippen molar-refractivity contribution in [3.63, 3.8) is 0 Å². The highest BCUT2D eigenvalue weighted by molar-refractivity contribution is 5.84. The molecule has 5 heterocycles. The molecule has 0 bridgehead atoms. The Morgan fingerprint density at radius 3 is 2.25 bits per heavy atom. The van der Waals surface area contributed by atoms with Crippen LogP contribution in [0.15, 0.2) is 102 Å². The first-order valence-electron chi connectivity index (χ1n) is 18.4. The Balaban J connectivity index is 1.14. The number of aryl methyl sites for hydroxylation is 1. The molecule has 3 aromatic heterocycles. The minimum atomic E-state index is -1.10. The van der Waals surface area contributed by atoms with Gasteiger partial charge in [0.2, 0.25) is 5.95 Å². The van der Waals surface area contributed by atoms with E-state index in [0.29, 0.717) is 48.2 Å². The van der Waals surface area contributed by atoms with Gasteiger partial charge in [0, 0.05) is 44.6 Å². The van der Waals surface area contributed by atoms with Gasteiger partial charge in [0.15, 0.2) is 47.3 Å². The molecule has 0 aliphatic carbocycles. The largest absolute Gasteiger partial charge is 0.457 e. The molecule has 2 fully saturated rings. The van der Waals surface area contributed by atoms with Gasteiger partial charge in [-0.3, -0.25) is 19.1 Å². The molecular weight excluding hydrogens is 702 g/mol. The van der Waals surface area contributed by atoms with Crippen molar-refractivity contribution in [1.29, 1.82) is 0 Å². The molecule has 282 valence electrons. The van der Waals surface area contributed by atoms with Crippen molar-refractivity contribution in [2.24, 2.45) is 0 Å². The SMILES string of the molecule is CCc1noc([C@H]2O[C@@H](n3cnc4c(NCC(c5ccccc5)c5ccccc5)nc(N[C@H]5CCN(Cc6ccccc6)C5)nc43)[C@H](OC=O)[C@@H]2OC=O)n1. The number of likely N-dealkylation sites (tertiary alicyclic amines) is 1. The molecule has 2 N–H and O–H groups in total. The molecule has 3 aromatic carbocycles. The summed E-state index contributed by atoms with van der Waals surface area (Å²) in [5.41, 5.74) is 4.43. The van der Waals surface area contributed by atoms with Crippen LogP contribution in [0, 0.1) is 0 Å². The smallest absolute Gasteiger partial charge is 0.293 e. The normalized spacial score (nSPS) is 21.2. The number of nitrogens with one attached hydrogen (secondary N) is 2. The number of aromatic nitrogens is 6. The van der Waals surface area contributed by atoms with E-state index in [-0.39, 0.29) is 24.3 Å². The first-order valence-corrected chi connectivity index (χ1v) is 18.4. The Hall–Kier alpha value is -6.19. The van der Waals surface area contributed by atoms with Crippen molar-refractivity contribution in [3.8, 4) is 0 Å². The molecule has 55 heavy (non-hydrogen) atoms. The standard InChI is InChI=1S/C40H41N9O6/c1-2-31-44-38(55-47-31)34-33(52-24-50)35(53-25-51)39(54-34)49-23-42-32-36(41-20-30(27-14-8-4-9-15-27)28-16-10-5-11-17-28)45-40(46-37(32)49)43-29-18-19-48(22-29)21-26-12-6-3-7-13-26/h3-17,23-25,29-30,33-35,39H,2,18-22H2,1H3,(H2,41,43,45,46)/t29-,33+,34-,35+,39+/m0/s1. The van der Waals surface area contributed by atoms with Crippen molar-refractivity contribution in [2.45, 2.75) is 62.8 Å². The zero-order valence-electron chi connectivity index (χ0n) is 30.2. The summed E-state index contributed by atoms with van der Waals surface area (Å²) in [7, 11) is 0. The summed E-state index contributed by atoms with van der Waals surface area (Å²) in [4.78, 5) is 45.1. The highest BCUT2D eigenvalue weighted by Crippen LogP contribution is 2.42. The minimum absolute atomic E-state index is 0.000229. The van der Waals surface area contributed by atoms with Crippen LogP contribution in [-0.2, 0) is 36.8 Å². The number of benzene rings is 3. The molecule has 0 amide bonds. The highest BCUT2D eigenvalue weighted by Gasteiger charge is 2.52. The third-order valence-corrected chi connectivity index (χ3v) is 10.1. The number of hydrogen-bond donors (Lipinski definition) is 2. The fourth-order valence-corrected chi connectivity index (χ4v) is 7.42. The van der Waals surface area contributed by atoms with Gasteiger partial charge in [-0.1, -0.05) is 103 Å². The van der Waals surface area contributed by atoms with Crippen LogP contribution in [-0.4, -0.2) is 85.4 Å². The van der Waals surface area contributed by atoms with Gasteiger partial charge in [-0.25, -0.2) is 4.98 Å². The summed E-state index contributed by atoms with van der Waals surface area (Å²) >= 11 is 0. The van der Waals surface area contributed by atoms with Crippen molar-refractivity contribution in [2.75, 3.05) is 30.3 Å². The molecule has 0 spiro atoms. The molecule has 0 unspecified atom stereocenters. The van der Waals surface area contributed by atoms with Crippen molar-refractivity contribution in [3.05, 3.63) is 126 Å². The second kappa shape index (κ2) is 16.4. The van der Waals surface area contributed by atoms with E-state index in [0.717, 1.165) is 37.2 Å². The molecule has 8 rings (SSSR count). The lowest BCUT2D eigenvalue weighted by Gasteiger charge is -2.22. The van der Waals surface area contributed by atoms with Crippen LogP contribution < -0.4 is 10.6 Å². The molecule has 2 saturated heterocycles. The number of imidazole rings is 1. The van der Waals surface area contributed by atoms with E-state index in [1.807, 2.05) is 49.4 Å². The third kappa shape index (κ3) is 7.75. The fourth-order valence-electron chi connectivity index (χ4n) is 7.42. The molecule has 5 atom stereocenters. The summed E-state index contributed by atoms with van der Waals surface area (Å²) in [6.07, 6.45) is -1.30. The summed E-state index contributed by atoms with van der Waals surface area (Å²) in [5, 5.41) is 11.2. The van der Waals surface area contributed by atoms with Gasteiger partial charge < -0.3 is 29.4 Å². The fraction of sp³-hybridized carbons (Fsp3) is 0.325. The van der Waals surface area contributed by atoms with Gasteiger partial charge in [-0.2, -0.15) is 15.0 Å². The lowest BCUT2D eigenvalue weighted by Crippen LogP contribution is -2.34. The molecule has 15 heteroatoms. The summed E-state index contributed by atoms with van der Waals surface area (Å²) < 4.78 is 24.6. The zero-order valence-corrected chi connectivity index (χ0v) is 30.2. The van der Waals surface area contributed by atoms with E-state index in [1.165, 1.54) is 5.56 Å². The van der Waals surface area contributed by atoms with Crippen LogP contribution in [0.5, 0.6) is 0 Å². The second-order valence-corrected chi connectivity index (χ2v) is 13.6. The van der Waals surface area contributed by atoms with Crippen LogP contribution in [0.1, 0.15) is 60.0 Å². The summed E-state index contributed by atoms with van der Waals surface area (Å²) in [5.74, 6) is 1.44. The Morgan fingerprint density at radius 1 is 0.891 bits per heavy atom. The van der Waals surface area contributed by atoms with Crippen LogP contribution in [0.4, 0.5) is 11.8 Å². The molecule has 15 nitrogen and oxygen atoms in total. The highest BCUT2D eigenvalue weighted by atomic mass is 16.6. The first-order chi connectivity index (χ1) is 27.1. The van der Waals surface area contributed by atoms with E-state index < -0.39 is 24.5 Å². The predicted molar refractivity (Wildman–Crippen MR) is 201 cm³/mol. The molecule has 0 saturated carbocycles. The number of anilines is 2. The summed E-state index contributed by atoms with van der Waals surface area (Å²) in [6.45, 7) is 5.53. The van der Waals surface area contributed by atoms with Gasteiger partial charge in [-0.05, 0) is 23.1 Å². The Labute approximate surface area is 317 Å². The number of hydrogen-bond acceptors (Lipinski definition) is 14. The van der Waals surface area contributed by atoms with Crippen molar-refractivity contribution < 1.29 is 28.3 Å². The number of ether oxygens (including phenoxy) is 3. The third-order valence-electron chi connectivity index (χ3n) is 10.1. The Bertz CT molecular complexity index is 2150. The van der Waals surface area contributed by atoms with Crippen LogP contribution >= 0.6 is 0 Å². The van der Waals surface area contributed by atoms with Crippen molar-refractivity contribution >= 4 is 35.9 Å².